The summed E-state index contributed by atoms with van der Waals surface area (Å²) in [5.74, 6) is -2.70. The number of rotatable bonds is 4. The first-order chi connectivity index (χ1) is 13.9. The van der Waals surface area contributed by atoms with Crippen molar-refractivity contribution in [3.05, 3.63) is 59.1 Å². The average Bonchev–Trinajstić information content (AvgIpc) is 3.21. The number of benzene rings is 2. The number of hydrogen-bond donors (Lipinski definition) is 0. The van der Waals surface area contributed by atoms with Crippen LogP contribution < -0.4 is 9.91 Å². The molecule has 0 spiro atoms. The molecule has 4 rings (SSSR count). The number of nitrogens with zero attached hydrogens (tertiary/aromatic N) is 3. The standard InChI is InChI=1S/C21H18ClN3O4/c1-3-29-21(28)17-16-18(25(23-17)15-6-4-5-13(22)11-15)20(27)24(19(16)26)14-9-7-12(2)8-10-14/h4-11,16,18H,3H2,1-2H3/t16-,18-/m1/s1. The van der Waals surface area contributed by atoms with Crippen LogP contribution in [0, 0.1) is 12.8 Å². The van der Waals surface area contributed by atoms with Crippen molar-refractivity contribution in [2.75, 3.05) is 16.5 Å². The lowest BCUT2D eigenvalue weighted by molar-refractivity contribution is -0.136. The molecule has 0 bridgehead atoms. The van der Waals surface area contributed by atoms with Gasteiger partial charge >= 0.3 is 5.97 Å². The summed E-state index contributed by atoms with van der Waals surface area (Å²) in [5.41, 5.74) is 1.89. The summed E-state index contributed by atoms with van der Waals surface area (Å²) in [6.45, 7) is 3.72. The highest BCUT2D eigenvalue weighted by Gasteiger charge is 2.59. The number of aryl methyl sites for hydroxylation is 1. The van der Waals surface area contributed by atoms with Crippen LogP contribution in [-0.2, 0) is 19.1 Å². The van der Waals surface area contributed by atoms with Crippen LogP contribution in [-0.4, -0.2) is 36.1 Å². The van der Waals surface area contributed by atoms with Gasteiger partial charge in [-0.15, -0.1) is 0 Å². The molecule has 2 aromatic rings. The van der Waals surface area contributed by atoms with E-state index >= 15 is 0 Å². The minimum absolute atomic E-state index is 0.0789. The molecule has 0 aliphatic carbocycles. The summed E-state index contributed by atoms with van der Waals surface area (Å²) in [7, 11) is 0. The molecule has 2 atom stereocenters. The smallest absolute Gasteiger partial charge is 0.355 e. The maximum atomic E-state index is 13.3. The lowest BCUT2D eigenvalue weighted by Gasteiger charge is -2.22. The van der Waals surface area contributed by atoms with Gasteiger partial charge in [0.2, 0.25) is 5.91 Å². The van der Waals surface area contributed by atoms with Crippen LogP contribution in [0.15, 0.2) is 53.6 Å². The molecule has 2 heterocycles. The quantitative estimate of drug-likeness (QED) is 0.571. The van der Waals surface area contributed by atoms with Gasteiger partial charge in [-0.3, -0.25) is 14.6 Å². The molecular weight excluding hydrogens is 394 g/mol. The van der Waals surface area contributed by atoms with Crippen LogP contribution in [0.3, 0.4) is 0 Å². The molecule has 2 amide bonds. The third-order valence-corrected chi connectivity index (χ3v) is 5.13. The number of hydrogen-bond acceptors (Lipinski definition) is 6. The van der Waals surface area contributed by atoms with Gasteiger partial charge in [0.15, 0.2) is 5.71 Å². The fourth-order valence-corrected chi connectivity index (χ4v) is 3.75. The zero-order chi connectivity index (χ0) is 20.7. The third-order valence-electron chi connectivity index (χ3n) is 4.90. The number of anilines is 2. The first kappa shape index (κ1) is 19.1. The Morgan fingerprint density at radius 3 is 2.48 bits per heavy atom. The van der Waals surface area contributed by atoms with Crippen molar-refractivity contribution >= 4 is 46.5 Å². The van der Waals surface area contributed by atoms with E-state index in [1.165, 1.54) is 5.01 Å². The molecule has 1 fully saturated rings. The fraction of sp³-hybridized carbons (Fsp3) is 0.238. The second-order valence-corrected chi connectivity index (χ2v) is 7.24. The second-order valence-electron chi connectivity index (χ2n) is 6.80. The Labute approximate surface area is 172 Å². The molecular formula is C21H18ClN3O4. The van der Waals surface area contributed by atoms with Crippen LogP contribution in [0.2, 0.25) is 5.02 Å². The molecule has 0 N–H and O–H groups in total. The van der Waals surface area contributed by atoms with Gasteiger partial charge in [0.1, 0.15) is 12.0 Å². The minimum atomic E-state index is -1.04. The topological polar surface area (TPSA) is 79.3 Å². The number of halogens is 1. The summed E-state index contributed by atoms with van der Waals surface area (Å²) >= 11 is 6.09. The Kier molecular flexibility index (Phi) is 4.84. The number of hydrazone groups is 1. The van der Waals surface area contributed by atoms with Gasteiger partial charge in [-0.1, -0.05) is 35.4 Å². The average molecular weight is 412 g/mol. The number of imide groups is 1. The van der Waals surface area contributed by atoms with E-state index in [0.29, 0.717) is 16.4 Å². The summed E-state index contributed by atoms with van der Waals surface area (Å²) in [4.78, 5) is 40.1. The van der Waals surface area contributed by atoms with Crippen molar-refractivity contribution in [2.45, 2.75) is 19.9 Å². The van der Waals surface area contributed by atoms with Gasteiger partial charge in [0.05, 0.1) is 18.0 Å². The molecule has 0 radical (unpaired) electrons. The summed E-state index contributed by atoms with van der Waals surface area (Å²) in [6, 6.07) is 12.8. The molecule has 1 saturated heterocycles. The van der Waals surface area contributed by atoms with Crippen molar-refractivity contribution in [3.63, 3.8) is 0 Å². The van der Waals surface area contributed by atoms with Gasteiger partial charge in [-0.2, -0.15) is 5.10 Å². The first-order valence-corrected chi connectivity index (χ1v) is 9.55. The zero-order valence-corrected chi connectivity index (χ0v) is 16.6. The van der Waals surface area contributed by atoms with E-state index in [0.717, 1.165) is 10.5 Å². The van der Waals surface area contributed by atoms with E-state index in [4.69, 9.17) is 16.3 Å². The molecule has 29 heavy (non-hydrogen) atoms. The van der Waals surface area contributed by atoms with Gasteiger partial charge in [0, 0.05) is 5.02 Å². The number of esters is 1. The van der Waals surface area contributed by atoms with Crippen molar-refractivity contribution in [1.82, 2.24) is 0 Å². The monoisotopic (exact) mass is 411 g/mol. The van der Waals surface area contributed by atoms with Crippen LogP contribution >= 0.6 is 11.6 Å². The highest BCUT2D eigenvalue weighted by atomic mass is 35.5. The molecule has 0 aromatic heterocycles. The molecule has 2 aliphatic rings. The summed E-state index contributed by atoms with van der Waals surface area (Å²) < 4.78 is 5.08. The number of ether oxygens (including phenoxy) is 1. The Morgan fingerprint density at radius 2 is 1.83 bits per heavy atom. The maximum Gasteiger partial charge on any atom is 0.355 e. The molecule has 148 valence electrons. The predicted molar refractivity (Wildman–Crippen MR) is 109 cm³/mol. The van der Waals surface area contributed by atoms with E-state index in [2.05, 4.69) is 5.10 Å². The van der Waals surface area contributed by atoms with E-state index in [-0.39, 0.29) is 12.3 Å². The third kappa shape index (κ3) is 3.17. The van der Waals surface area contributed by atoms with Crippen molar-refractivity contribution in [1.29, 1.82) is 0 Å². The Hall–Kier alpha value is -3.19. The molecule has 2 aliphatic heterocycles. The van der Waals surface area contributed by atoms with Crippen molar-refractivity contribution < 1.29 is 19.1 Å². The Balaban J connectivity index is 1.79. The molecule has 0 saturated carbocycles. The highest BCUT2D eigenvalue weighted by molar-refractivity contribution is 6.47. The lowest BCUT2D eigenvalue weighted by Crippen LogP contribution is -2.39. The SMILES string of the molecule is CCOC(=O)C1=NN(c2cccc(Cl)c2)[C@H]2C(=O)N(c3ccc(C)cc3)C(=O)[C@H]12. The van der Waals surface area contributed by atoms with Crippen molar-refractivity contribution in [3.8, 4) is 0 Å². The van der Waals surface area contributed by atoms with Crippen molar-refractivity contribution in [2.24, 2.45) is 11.0 Å². The zero-order valence-electron chi connectivity index (χ0n) is 15.8. The normalized spacial score (nSPS) is 20.7. The number of fused-ring (bicyclic) bond motifs is 1. The molecule has 0 unspecified atom stereocenters. The van der Waals surface area contributed by atoms with Gasteiger partial charge in [-0.05, 0) is 44.2 Å². The number of amides is 2. The summed E-state index contributed by atoms with van der Waals surface area (Å²) in [5, 5.41) is 6.13. The lowest BCUT2D eigenvalue weighted by atomic mass is 9.98. The molecule has 2 aromatic carbocycles. The van der Waals surface area contributed by atoms with Crippen LogP contribution in [0.1, 0.15) is 12.5 Å². The molecule has 8 heteroatoms. The first-order valence-electron chi connectivity index (χ1n) is 9.17. The number of carbonyl (C=O) groups is 3. The number of carbonyl (C=O) groups excluding carboxylic acids is 3. The van der Waals surface area contributed by atoms with E-state index < -0.39 is 29.7 Å². The summed E-state index contributed by atoms with van der Waals surface area (Å²) in [6.07, 6.45) is 0. The van der Waals surface area contributed by atoms with E-state index in [9.17, 15) is 14.4 Å². The largest absolute Gasteiger partial charge is 0.461 e. The second kappa shape index (κ2) is 7.33. The minimum Gasteiger partial charge on any atom is -0.461 e. The van der Waals surface area contributed by atoms with Crippen LogP contribution in [0.5, 0.6) is 0 Å². The molecule has 7 nitrogen and oxygen atoms in total. The predicted octanol–water partition coefficient (Wildman–Crippen LogP) is 2.95. The van der Waals surface area contributed by atoms with E-state index in [1.54, 1.807) is 43.3 Å². The Bertz CT molecular complexity index is 1030. The van der Waals surface area contributed by atoms with Gasteiger partial charge < -0.3 is 4.74 Å². The Morgan fingerprint density at radius 1 is 1.10 bits per heavy atom. The van der Waals surface area contributed by atoms with E-state index in [1.807, 2.05) is 19.1 Å². The van der Waals surface area contributed by atoms with Crippen LogP contribution in [0.4, 0.5) is 11.4 Å². The van der Waals surface area contributed by atoms with Gasteiger partial charge in [-0.25, -0.2) is 9.69 Å². The highest BCUT2D eigenvalue weighted by Crippen LogP contribution is 2.38. The fourth-order valence-electron chi connectivity index (χ4n) is 3.57. The van der Waals surface area contributed by atoms with Gasteiger partial charge in [0.25, 0.3) is 5.91 Å². The van der Waals surface area contributed by atoms with Crippen LogP contribution in [0.25, 0.3) is 0 Å². The maximum absolute atomic E-state index is 13.3.